The highest BCUT2D eigenvalue weighted by molar-refractivity contribution is 6.03. The molecule has 4 rings (SSSR count). The molecule has 1 amide bonds. The summed E-state index contributed by atoms with van der Waals surface area (Å²) in [6.45, 7) is 2.44. The van der Waals surface area contributed by atoms with E-state index in [9.17, 15) is 13.6 Å². The predicted molar refractivity (Wildman–Crippen MR) is 103 cm³/mol. The molecule has 28 heavy (non-hydrogen) atoms. The highest BCUT2D eigenvalue weighted by Crippen LogP contribution is 2.37. The van der Waals surface area contributed by atoms with Gasteiger partial charge in [0.2, 0.25) is 5.92 Å². The maximum Gasteiger partial charge on any atom is 0.255 e. The summed E-state index contributed by atoms with van der Waals surface area (Å²) in [6, 6.07) is 5.69. The minimum Gasteiger partial charge on any atom is -0.496 e. The number of nitrogens with one attached hydrogen (secondary N) is 2. The summed E-state index contributed by atoms with van der Waals surface area (Å²) < 4.78 is 32.0. The Labute approximate surface area is 162 Å². The van der Waals surface area contributed by atoms with Gasteiger partial charge in [-0.1, -0.05) is 6.07 Å². The first kappa shape index (κ1) is 18.7. The Hall–Kier alpha value is -2.70. The fourth-order valence-electron chi connectivity index (χ4n) is 4.05. The van der Waals surface area contributed by atoms with Crippen LogP contribution in [-0.2, 0) is 6.54 Å². The van der Waals surface area contributed by atoms with Crippen LogP contribution in [0.5, 0.6) is 5.75 Å². The van der Waals surface area contributed by atoms with Gasteiger partial charge in [0.15, 0.2) is 0 Å². The first-order valence-electron chi connectivity index (χ1n) is 9.47. The van der Waals surface area contributed by atoms with Crippen molar-refractivity contribution in [1.29, 1.82) is 0 Å². The van der Waals surface area contributed by atoms with E-state index in [2.05, 4.69) is 15.6 Å². The van der Waals surface area contributed by atoms with Gasteiger partial charge in [0.1, 0.15) is 11.6 Å². The number of methoxy groups -OCH3 is 1. The van der Waals surface area contributed by atoms with Gasteiger partial charge in [-0.25, -0.2) is 13.8 Å². The lowest BCUT2D eigenvalue weighted by atomic mass is 9.92. The molecule has 2 aromatic rings. The zero-order valence-corrected chi connectivity index (χ0v) is 15.9. The Kier molecular flexibility index (Phi) is 4.69. The molecule has 1 fully saturated rings. The van der Waals surface area contributed by atoms with Crippen molar-refractivity contribution in [1.82, 2.24) is 10.3 Å². The van der Waals surface area contributed by atoms with Crippen molar-refractivity contribution in [3.8, 4) is 16.9 Å². The first-order valence-corrected chi connectivity index (χ1v) is 9.47. The summed E-state index contributed by atoms with van der Waals surface area (Å²) in [6.07, 6.45) is 2.49. The van der Waals surface area contributed by atoms with Gasteiger partial charge in [0.25, 0.3) is 5.91 Å². The van der Waals surface area contributed by atoms with Gasteiger partial charge in [0, 0.05) is 37.2 Å². The van der Waals surface area contributed by atoms with Crippen LogP contribution in [0.1, 0.15) is 47.2 Å². The van der Waals surface area contributed by atoms with E-state index >= 15 is 0 Å². The lowest BCUT2D eigenvalue weighted by Gasteiger charge is -2.29. The average molecular weight is 387 g/mol. The van der Waals surface area contributed by atoms with Crippen molar-refractivity contribution in [2.45, 2.75) is 51.1 Å². The Bertz CT molecular complexity index is 920. The van der Waals surface area contributed by atoms with Crippen LogP contribution in [0.4, 0.5) is 14.6 Å². The maximum absolute atomic E-state index is 13.3. The summed E-state index contributed by atoms with van der Waals surface area (Å²) in [5, 5.41) is 6.13. The molecule has 0 bridgehead atoms. The molecule has 1 aromatic carbocycles. The standard InChI is InChI=1S/C21H23F2N3O2/c1-12-9-18(26-13-5-7-21(22,23)8-6-13)24-10-15(12)14-3-4-17(28-2)19-16(14)11-25-20(19)27/h3-4,9-10,13H,5-8,11H2,1-2H3,(H,24,26)(H,25,27). The highest BCUT2D eigenvalue weighted by Gasteiger charge is 2.35. The number of aryl methyl sites for hydroxylation is 1. The molecule has 2 N–H and O–H groups in total. The molecule has 1 aromatic heterocycles. The van der Waals surface area contributed by atoms with Crippen LogP contribution in [0, 0.1) is 6.92 Å². The molecule has 1 aliphatic heterocycles. The van der Waals surface area contributed by atoms with Crippen LogP contribution in [0.15, 0.2) is 24.4 Å². The molecule has 1 aliphatic carbocycles. The Morgan fingerprint density at radius 3 is 2.68 bits per heavy atom. The average Bonchev–Trinajstić information content (AvgIpc) is 3.05. The topological polar surface area (TPSA) is 63.2 Å². The fourth-order valence-corrected chi connectivity index (χ4v) is 4.05. The third kappa shape index (κ3) is 3.41. The van der Waals surface area contributed by atoms with Crippen molar-refractivity contribution in [3.05, 3.63) is 41.1 Å². The second-order valence-electron chi connectivity index (χ2n) is 7.51. The van der Waals surface area contributed by atoms with Crippen molar-refractivity contribution in [3.63, 3.8) is 0 Å². The number of halogens is 2. The normalized spacial score (nSPS) is 18.5. The van der Waals surface area contributed by atoms with Crippen molar-refractivity contribution >= 4 is 11.7 Å². The molecule has 0 saturated heterocycles. The molecule has 0 spiro atoms. The molecule has 0 radical (unpaired) electrons. The van der Waals surface area contributed by atoms with E-state index in [0.29, 0.717) is 36.5 Å². The number of hydrogen-bond acceptors (Lipinski definition) is 4. The molecular formula is C21H23F2N3O2. The highest BCUT2D eigenvalue weighted by atomic mass is 19.3. The Morgan fingerprint density at radius 1 is 1.25 bits per heavy atom. The maximum atomic E-state index is 13.3. The molecule has 2 heterocycles. The van der Waals surface area contributed by atoms with Gasteiger partial charge in [-0.05, 0) is 48.6 Å². The molecule has 2 aliphatic rings. The fraction of sp³-hybridized carbons (Fsp3) is 0.429. The van der Waals surface area contributed by atoms with Crippen LogP contribution in [0.25, 0.3) is 11.1 Å². The molecule has 1 saturated carbocycles. The molecule has 7 heteroatoms. The number of rotatable bonds is 4. The van der Waals surface area contributed by atoms with Crippen molar-refractivity contribution in [2.75, 3.05) is 12.4 Å². The zero-order chi connectivity index (χ0) is 19.9. The number of alkyl halides is 2. The van der Waals surface area contributed by atoms with Gasteiger partial charge < -0.3 is 15.4 Å². The summed E-state index contributed by atoms with van der Waals surface area (Å²) in [5.74, 6) is -1.42. The SMILES string of the molecule is COc1ccc(-c2cnc(NC3CCC(F)(F)CC3)cc2C)c2c1C(=O)NC2. The van der Waals surface area contributed by atoms with Crippen LogP contribution in [-0.4, -0.2) is 30.0 Å². The van der Waals surface area contributed by atoms with Crippen LogP contribution >= 0.6 is 0 Å². The molecule has 0 atom stereocenters. The van der Waals surface area contributed by atoms with E-state index in [1.165, 1.54) is 0 Å². The van der Waals surface area contributed by atoms with Crippen LogP contribution in [0.2, 0.25) is 0 Å². The quantitative estimate of drug-likeness (QED) is 0.821. The number of anilines is 1. The smallest absolute Gasteiger partial charge is 0.255 e. The number of aromatic nitrogens is 1. The number of carbonyl (C=O) groups excluding carboxylic acids is 1. The molecule has 0 unspecified atom stereocenters. The van der Waals surface area contributed by atoms with Gasteiger partial charge in [-0.2, -0.15) is 0 Å². The lowest BCUT2D eigenvalue weighted by Crippen LogP contribution is -2.32. The van der Waals surface area contributed by atoms with Crippen molar-refractivity contribution < 1.29 is 18.3 Å². The number of hydrogen-bond donors (Lipinski definition) is 2. The Morgan fingerprint density at radius 2 is 2.00 bits per heavy atom. The number of fused-ring (bicyclic) bond motifs is 1. The van der Waals surface area contributed by atoms with E-state index in [1.54, 1.807) is 19.4 Å². The van der Waals surface area contributed by atoms with E-state index < -0.39 is 5.92 Å². The third-order valence-electron chi connectivity index (χ3n) is 5.62. The second kappa shape index (κ2) is 7.04. The van der Waals surface area contributed by atoms with Gasteiger partial charge in [-0.3, -0.25) is 4.79 Å². The van der Waals surface area contributed by atoms with Gasteiger partial charge >= 0.3 is 0 Å². The number of ether oxygens (including phenoxy) is 1. The summed E-state index contributed by atoms with van der Waals surface area (Å²) in [7, 11) is 1.55. The zero-order valence-electron chi connectivity index (χ0n) is 15.9. The Balaban J connectivity index is 1.59. The number of benzene rings is 1. The molecular weight excluding hydrogens is 364 g/mol. The van der Waals surface area contributed by atoms with Gasteiger partial charge in [0.05, 0.1) is 12.7 Å². The summed E-state index contributed by atoms with van der Waals surface area (Å²) in [4.78, 5) is 16.7. The van der Waals surface area contributed by atoms with Crippen LogP contribution in [0.3, 0.4) is 0 Å². The third-order valence-corrected chi connectivity index (χ3v) is 5.62. The minimum atomic E-state index is -2.54. The van der Waals surface area contributed by atoms with E-state index in [-0.39, 0.29) is 24.8 Å². The predicted octanol–water partition coefficient (Wildman–Crippen LogP) is 4.30. The van der Waals surface area contributed by atoms with E-state index in [4.69, 9.17) is 4.74 Å². The van der Waals surface area contributed by atoms with E-state index in [0.717, 1.165) is 22.3 Å². The summed E-state index contributed by atoms with van der Waals surface area (Å²) >= 11 is 0. The van der Waals surface area contributed by atoms with Crippen molar-refractivity contribution in [2.24, 2.45) is 0 Å². The number of nitrogens with zero attached hydrogens (tertiary/aromatic N) is 1. The second-order valence-corrected chi connectivity index (χ2v) is 7.51. The lowest BCUT2D eigenvalue weighted by molar-refractivity contribution is -0.0361. The number of pyridine rings is 1. The van der Waals surface area contributed by atoms with Gasteiger partial charge in [-0.15, -0.1) is 0 Å². The largest absolute Gasteiger partial charge is 0.496 e. The molecule has 148 valence electrons. The molecule has 5 nitrogen and oxygen atoms in total. The minimum absolute atomic E-state index is 0.0180. The number of carbonyl (C=O) groups is 1. The first-order chi connectivity index (χ1) is 13.4. The van der Waals surface area contributed by atoms with Crippen LogP contribution < -0.4 is 15.4 Å². The number of amides is 1. The van der Waals surface area contributed by atoms with E-state index in [1.807, 2.05) is 19.1 Å². The monoisotopic (exact) mass is 387 g/mol. The summed E-state index contributed by atoms with van der Waals surface area (Å²) in [5.41, 5.74) is 4.37.